The molecule has 2 heteroatoms. The quantitative estimate of drug-likeness (QED) is 0.736. The SMILES string of the molecule is CCC1=CCCC(C2(C)CCC3(CC2)OCCO3)=C1. The van der Waals surface area contributed by atoms with Crippen LogP contribution >= 0.6 is 0 Å². The van der Waals surface area contributed by atoms with E-state index in [-0.39, 0.29) is 5.79 Å². The maximum Gasteiger partial charge on any atom is 0.168 e. The second kappa shape index (κ2) is 5.06. The van der Waals surface area contributed by atoms with E-state index in [0.29, 0.717) is 5.41 Å². The summed E-state index contributed by atoms with van der Waals surface area (Å²) in [4.78, 5) is 0. The minimum absolute atomic E-state index is 0.224. The van der Waals surface area contributed by atoms with Crippen molar-refractivity contribution in [1.82, 2.24) is 0 Å². The van der Waals surface area contributed by atoms with Crippen molar-refractivity contribution in [1.29, 1.82) is 0 Å². The number of hydrogen-bond acceptors (Lipinski definition) is 2. The largest absolute Gasteiger partial charge is 0.348 e. The van der Waals surface area contributed by atoms with Gasteiger partial charge in [-0.05, 0) is 37.5 Å². The molecule has 19 heavy (non-hydrogen) atoms. The molecule has 2 aliphatic carbocycles. The monoisotopic (exact) mass is 262 g/mol. The van der Waals surface area contributed by atoms with E-state index in [9.17, 15) is 0 Å². The first-order chi connectivity index (χ1) is 9.16. The zero-order chi connectivity index (χ0) is 13.3. The lowest BCUT2D eigenvalue weighted by atomic mass is 9.66. The summed E-state index contributed by atoms with van der Waals surface area (Å²) in [6.45, 7) is 6.26. The average molecular weight is 262 g/mol. The van der Waals surface area contributed by atoms with E-state index in [4.69, 9.17) is 9.47 Å². The lowest BCUT2D eigenvalue weighted by Gasteiger charge is -2.43. The molecule has 0 aromatic heterocycles. The van der Waals surface area contributed by atoms with Crippen molar-refractivity contribution >= 4 is 0 Å². The lowest BCUT2D eigenvalue weighted by molar-refractivity contribution is -0.187. The molecule has 0 radical (unpaired) electrons. The summed E-state index contributed by atoms with van der Waals surface area (Å²) >= 11 is 0. The molecule has 2 fully saturated rings. The third-order valence-electron chi connectivity index (χ3n) is 5.29. The zero-order valence-electron chi connectivity index (χ0n) is 12.3. The molecule has 0 aromatic carbocycles. The summed E-state index contributed by atoms with van der Waals surface area (Å²) in [5.41, 5.74) is 3.56. The summed E-state index contributed by atoms with van der Waals surface area (Å²) in [6.07, 6.45) is 13.0. The molecule has 1 heterocycles. The van der Waals surface area contributed by atoms with Gasteiger partial charge in [-0.3, -0.25) is 0 Å². The predicted molar refractivity (Wildman–Crippen MR) is 76.9 cm³/mol. The van der Waals surface area contributed by atoms with Crippen LogP contribution in [0.25, 0.3) is 0 Å². The first kappa shape index (κ1) is 13.4. The number of allylic oxidation sites excluding steroid dienone is 4. The summed E-state index contributed by atoms with van der Waals surface area (Å²) in [5, 5.41) is 0. The molecule has 1 saturated heterocycles. The first-order valence-corrected chi connectivity index (χ1v) is 7.84. The minimum Gasteiger partial charge on any atom is -0.348 e. The van der Waals surface area contributed by atoms with Crippen LogP contribution < -0.4 is 0 Å². The fourth-order valence-electron chi connectivity index (χ4n) is 3.78. The van der Waals surface area contributed by atoms with Gasteiger partial charge in [-0.15, -0.1) is 0 Å². The van der Waals surface area contributed by atoms with Crippen molar-refractivity contribution in [3.63, 3.8) is 0 Å². The van der Waals surface area contributed by atoms with Crippen molar-refractivity contribution in [2.45, 2.75) is 64.6 Å². The predicted octanol–water partition coefficient (Wildman–Crippen LogP) is 4.37. The molecule has 0 bridgehead atoms. The van der Waals surface area contributed by atoms with E-state index in [1.165, 1.54) is 31.3 Å². The van der Waals surface area contributed by atoms with E-state index in [1.807, 2.05) is 0 Å². The third-order valence-corrected chi connectivity index (χ3v) is 5.29. The topological polar surface area (TPSA) is 18.5 Å². The molecule has 1 spiro atoms. The van der Waals surface area contributed by atoms with E-state index in [2.05, 4.69) is 26.0 Å². The maximum atomic E-state index is 5.85. The maximum absolute atomic E-state index is 5.85. The van der Waals surface area contributed by atoms with Crippen LogP contribution in [0.2, 0.25) is 0 Å². The van der Waals surface area contributed by atoms with Crippen LogP contribution in [0.5, 0.6) is 0 Å². The van der Waals surface area contributed by atoms with Crippen molar-refractivity contribution in [2.75, 3.05) is 13.2 Å². The van der Waals surface area contributed by atoms with E-state index >= 15 is 0 Å². The second-order valence-corrected chi connectivity index (χ2v) is 6.51. The van der Waals surface area contributed by atoms with Crippen molar-refractivity contribution in [3.8, 4) is 0 Å². The van der Waals surface area contributed by atoms with Gasteiger partial charge in [-0.2, -0.15) is 0 Å². The fourth-order valence-corrected chi connectivity index (χ4v) is 3.78. The highest BCUT2D eigenvalue weighted by Crippen LogP contribution is 2.50. The highest BCUT2D eigenvalue weighted by atomic mass is 16.7. The molecule has 1 saturated carbocycles. The zero-order valence-corrected chi connectivity index (χ0v) is 12.3. The molecule has 0 aromatic rings. The Bertz CT molecular complexity index is 389. The summed E-state index contributed by atoms with van der Waals surface area (Å²) in [7, 11) is 0. The van der Waals surface area contributed by atoms with Crippen LogP contribution in [-0.4, -0.2) is 19.0 Å². The molecule has 106 valence electrons. The summed E-state index contributed by atoms with van der Waals surface area (Å²) in [6, 6.07) is 0. The Labute approximate surface area is 116 Å². The molecule has 0 unspecified atom stereocenters. The van der Waals surface area contributed by atoms with Gasteiger partial charge in [0.1, 0.15) is 0 Å². The summed E-state index contributed by atoms with van der Waals surface area (Å²) < 4.78 is 11.7. The van der Waals surface area contributed by atoms with Gasteiger partial charge in [0.15, 0.2) is 5.79 Å². The molecule has 0 amide bonds. The Hall–Kier alpha value is -0.600. The fraction of sp³-hybridized carbons (Fsp3) is 0.765. The Balaban J connectivity index is 1.71. The Kier molecular flexibility index (Phi) is 3.57. The molecule has 0 atom stereocenters. The van der Waals surface area contributed by atoms with Crippen LogP contribution in [0.3, 0.4) is 0 Å². The van der Waals surface area contributed by atoms with Gasteiger partial charge in [-0.25, -0.2) is 0 Å². The first-order valence-electron chi connectivity index (χ1n) is 7.84. The highest BCUT2D eigenvalue weighted by molar-refractivity contribution is 5.31. The van der Waals surface area contributed by atoms with Crippen LogP contribution in [0, 0.1) is 5.41 Å². The summed E-state index contributed by atoms with van der Waals surface area (Å²) in [5.74, 6) is -0.224. The van der Waals surface area contributed by atoms with Crippen LogP contribution in [0.1, 0.15) is 58.8 Å². The lowest BCUT2D eigenvalue weighted by Crippen LogP contribution is -2.39. The van der Waals surface area contributed by atoms with E-state index in [0.717, 1.165) is 32.5 Å². The molecule has 2 nitrogen and oxygen atoms in total. The van der Waals surface area contributed by atoms with Gasteiger partial charge in [-0.1, -0.05) is 37.1 Å². The van der Waals surface area contributed by atoms with Gasteiger partial charge < -0.3 is 9.47 Å². The third kappa shape index (κ3) is 2.53. The Morgan fingerprint density at radius 2 is 1.79 bits per heavy atom. The molecule has 3 aliphatic rings. The van der Waals surface area contributed by atoms with Crippen molar-refractivity contribution in [2.24, 2.45) is 5.41 Å². The average Bonchev–Trinajstić information content (AvgIpc) is 2.92. The molecule has 0 N–H and O–H groups in total. The number of hydrogen-bond donors (Lipinski definition) is 0. The molecular weight excluding hydrogens is 236 g/mol. The van der Waals surface area contributed by atoms with Gasteiger partial charge in [0.25, 0.3) is 0 Å². The van der Waals surface area contributed by atoms with Crippen LogP contribution in [0.4, 0.5) is 0 Å². The minimum atomic E-state index is -0.224. The number of ether oxygens (including phenoxy) is 2. The van der Waals surface area contributed by atoms with Gasteiger partial charge >= 0.3 is 0 Å². The standard InChI is InChI=1S/C17H26O2/c1-3-14-5-4-6-15(13-14)16(2)7-9-17(10-8-16)18-11-12-19-17/h5,13H,3-4,6-12H2,1-2H3. The van der Waals surface area contributed by atoms with Crippen LogP contribution in [0.15, 0.2) is 23.3 Å². The van der Waals surface area contributed by atoms with Crippen molar-refractivity contribution in [3.05, 3.63) is 23.3 Å². The van der Waals surface area contributed by atoms with Gasteiger partial charge in [0.2, 0.25) is 0 Å². The van der Waals surface area contributed by atoms with Crippen molar-refractivity contribution < 1.29 is 9.47 Å². The smallest absolute Gasteiger partial charge is 0.168 e. The molecule has 1 aliphatic heterocycles. The van der Waals surface area contributed by atoms with Crippen LogP contribution in [-0.2, 0) is 9.47 Å². The highest BCUT2D eigenvalue weighted by Gasteiger charge is 2.45. The second-order valence-electron chi connectivity index (χ2n) is 6.51. The van der Waals surface area contributed by atoms with E-state index in [1.54, 1.807) is 5.57 Å². The van der Waals surface area contributed by atoms with E-state index < -0.39 is 0 Å². The van der Waals surface area contributed by atoms with Gasteiger partial charge in [0, 0.05) is 12.8 Å². The number of rotatable bonds is 2. The van der Waals surface area contributed by atoms with Gasteiger partial charge in [0.05, 0.1) is 13.2 Å². The Morgan fingerprint density at radius 1 is 1.11 bits per heavy atom. The Morgan fingerprint density at radius 3 is 2.42 bits per heavy atom. The molecule has 3 rings (SSSR count). The normalized spacial score (nSPS) is 29.2. The molecular formula is C17H26O2.